The first-order valence-electron chi connectivity index (χ1n) is 6.17. The second-order valence-electron chi connectivity index (χ2n) is 5.04. The van der Waals surface area contributed by atoms with Crippen molar-refractivity contribution in [3.63, 3.8) is 0 Å². The minimum absolute atomic E-state index is 0.475. The van der Waals surface area contributed by atoms with E-state index in [1.165, 1.54) is 0 Å². The fraction of sp³-hybridized carbons (Fsp3) is 0.615. The number of likely N-dealkylation sites (tertiary alicyclic amines) is 1. The molecule has 2 N–H and O–H groups in total. The van der Waals surface area contributed by atoms with E-state index in [0.29, 0.717) is 0 Å². The highest BCUT2D eigenvalue weighted by Gasteiger charge is 2.27. The number of hydrogen-bond donors (Lipinski definition) is 2. The van der Waals surface area contributed by atoms with Crippen molar-refractivity contribution < 1.29 is 5.11 Å². The van der Waals surface area contributed by atoms with Gasteiger partial charge in [-0.3, -0.25) is 4.90 Å². The molecule has 1 aromatic rings. The molecule has 0 saturated carbocycles. The van der Waals surface area contributed by atoms with Crippen LogP contribution in [0.5, 0.6) is 0 Å². The van der Waals surface area contributed by atoms with Crippen molar-refractivity contribution in [1.82, 2.24) is 9.88 Å². The van der Waals surface area contributed by atoms with Crippen LogP contribution in [0.2, 0.25) is 0 Å². The van der Waals surface area contributed by atoms with Crippen LogP contribution >= 0.6 is 0 Å². The number of aromatic nitrogens is 1. The van der Waals surface area contributed by atoms with Crippen LogP contribution in [0.4, 0.5) is 5.82 Å². The number of aliphatic hydroxyl groups is 1. The van der Waals surface area contributed by atoms with E-state index in [9.17, 15) is 5.11 Å². The molecule has 0 spiro atoms. The summed E-state index contributed by atoms with van der Waals surface area (Å²) in [6.45, 7) is 4.67. The van der Waals surface area contributed by atoms with Gasteiger partial charge in [-0.25, -0.2) is 4.98 Å². The molecule has 2 rings (SSSR count). The molecule has 0 unspecified atom stereocenters. The summed E-state index contributed by atoms with van der Waals surface area (Å²) < 4.78 is 0. The highest BCUT2D eigenvalue weighted by molar-refractivity contribution is 5.34. The van der Waals surface area contributed by atoms with Gasteiger partial charge in [0.1, 0.15) is 5.82 Å². The van der Waals surface area contributed by atoms with Gasteiger partial charge in [0.15, 0.2) is 0 Å². The van der Waals surface area contributed by atoms with Crippen LogP contribution in [-0.4, -0.2) is 40.7 Å². The van der Waals surface area contributed by atoms with Crippen LogP contribution in [0, 0.1) is 0 Å². The third-order valence-electron chi connectivity index (χ3n) is 3.38. The van der Waals surface area contributed by atoms with Crippen LogP contribution in [0.1, 0.15) is 25.5 Å². The van der Waals surface area contributed by atoms with Crippen molar-refractivity contribution in [3.8, 4) is 0 Å². The summed E-state index contributed by atoms with van der Waals surface area (Å²) in [6, 6.07) is 6.03. The van der Waals surface area contributed by atoms with Gasteiger partial charge in [-0.2, -0.15) is 0 Å². The molecule has 17 heavy (non-hydrogen) atoms. The third kappa shape index (κ3) is 3.41. The SMILES string of the molecule is CNc1cccc(CN2CCC(C)(O)CC2)n1. The lowest BCUT2D eigenvalue weighted by Crippen LogP contribution is -2.42. The quantitative estimate of drug-likeness (QED) is 0.833. The molecular formula is C13H21N3O. The summed E-state index contributed by atoms with van der Waals surface area (Å²) in [6.07, 6.45) is 1.69. The zero-order valence-electron chi connectivity index (χ0n) is 10.6. The Morgan fingerprint density at radius 1 is 1.41 bits per heavy atom. The van der Waals surface area contributed by atoms with Gasteiger partial charge in [0.05, 0.1) is 11.3 Å². The number of hydrogen-bond acceptors (Lipinski definition) is 4. The lowest BCUT2D eigenvalue weighted by Gasteiger charge is -2.35. The Morgan fingerprint density at radius 3 is 2.76 bits per heavy atom. The van der Waals surface area contributed by atoms with Gasteiger partial charge >= 0.3 is 0 Å². The fourth-order valence-corrected chi connectivity index (χ4v) is 2.13. The molecule has 1 saturated heterocycles. The molecule has 0 bridgehead atoms. The van der Waals surface area contributed by atoms with Crippen molar-refractivity contribution in [1.29, 1.82) is 0 Å². The Labute approximate surface area is 103 Å². The third-order valence-corrected chi connectivity index (χ3v) is 3.38. The zero-order chi connectivity index (χ0) is 12.3. The second kappa shape index (κ2) is 5.02. The van der Waals surface area contributed by atoms with E-state index in [-0.39, 0.29) is 0 Å². The molecule has 1 fully saturated rings. The maximum absolute atomic E-state index is 9.89. The average Bonchev–Trinajstić information content (AvgIpc) is 2.32. The Morgan fingerprint density at radius 2 is 2.12 bits per heavy atom. The van der Waals surface area contributed by atoms with Crippen molar-refractivity contribution in [3.05, 3.63) is 23.9 Å². The van der Waals surface area contributed by atoms with Gasteiger partial charge in [-0.15, -0.1) is 0 Å². The standard InChI is InChI=1S/C13H21N3O/c1-13(17)6-8-16(9-7-13)10-11-4-3-5-12(14-2)15-11/h3-5,17H,6-10H2,1-2H3,(H,14,15). The van der Waals surface area contributed by atoms with Gasteiger partial charge in [-0.1, -0.05) is 6.07 Å². The number of piperidine rings is 1. The van der Waals surface area contributed by atoms with Crippen LogP contribution in [-0.2, 0) is 6.54 Å². The first kappa shape index (κ1) is 12.3. The van der Waals surface area contributed by atoms with E-state index >= 15 is 0 Å². The predicted molar refractivity (Wildman–Crippen MR) is 68.9 cm³/mol. The Balaban J connectivity index is 1.93. The van der Waals surface area contributed by atoms with Crippen molar-refractivity contribution in [2.24, 2.45) is 0 Å². The van der Waals surface area contributed by atoms with E-state index in [1.54, 1.807) is 0 Å². The molecule has 1 aliphatic rings. The molecule has 4 nitrogen and oxygen atoms in total. The minimum atomic E-state index is -0.475. The summed E-state index contributed by atoms with van der Waals surface area (Å²) in [5, 5.41) is 12.9. The maximum Gasteiger partial charge on any atom is 0.126 e. The molecular weight excluding hydrogens is 214 g/mol. The molecule has 2 heterocycles. The molecule has 0 atom stereocenters. The van der Waals surface area contributed by atoms with Crippen molar-refractivity contribution in [2.75, 3.05) is 25.5 Å². The van der Waals surface area contributed by atoms with E-state index < -0.39 is 5.60 Å². The van der Waals surface area contributed by atoms with E-state index in [2.05, 4.69) is 15.2 Å². The number of nitrogens with one attached hydrogen (secondary N) is 1. The Bertz CT molecular complexity index is 369. The molecule has 1 aliphatic heterocycles. The highest BCUT2D eigenvalue weighted by atomic mass is 16.3. The maximum atomic E-state index is 9.89. The van der Waals surface area contributed by atoms with Crippen LogP contribution in [0.25, 0.3) is 0 Å². The van der Waals surface area contributed by atoms with Gasteiger partial charge in [0.2, 0.25) is 0 Å². The Kier molecular flexibility index (Phi) is 3.64. The number of pyridine rings is 1. The molecule has 4 heteroatoms. The zero-order valence-corrected chi connectivity index (χ0v) is 10.6. The largest absolute Gasteiger partial charge is 0.390 e. The van der Waals surface area contributed by atoms with Crippen molar-refractivity contribution in [2.45, 2.75) is 31.9 Å². The minimum Gasteiger partial charge on any atom is -0.390 e. The van der Waals surface area contributed by atoms with E-state index in [4.69, 9.17) is 0 Å². The summed E-state index contributed by atoms with van der Waals surface area (Å²) in [4.78, 5) is 6.85. The predicted octanol–water partition coefficient (Wildman–Crippen LogP) is 1.47. The van der Waals surface area contributed by atoms with Gasteiger partial charge < -0.3 is 10.4 Å². The molecule has 1 aromatic heterocycles. The number of nitrogens with zero attached hydrogens (tertiary/aromatic N) is 2. The Hall–Kier alpha value is -1.13. The van der Waals surface area contributed by atoms with Gasteiger partial charge in [-0.05, 0) is 31.9 Å². The van der Waals surface area contributed by atoms with E-state index in [0.717, 1.165) is 44.0 Å². The monoisotopic (exact) mass is 235 g/mol. The summed E-state index contributed by atoms with van der Waals surface area (Å²) >= 11 is 0. The lowest BCUT2D eigenvalue weighted by atomic mass is 9.94. The molecule has 0 aromatic carbocycles. The van der Waals surface area contributed by atoms with Crippen LogP contribution in [0.15, 0.2) is 18.2 Å². The van der Waals surface area contributed by atoms with Gasteiger partial charge in [0, 0.05) is 26.7 Å². The van der Waals surface area contributed by atoms with Crippen LogP contribution in [0.3, 0.4) is 0 Å². The van der Waals surface area contributed by atoms with Crippen LogP contribution < -0.4 is 5.32 Å². The summed E-state index contributed by atoms with van der Waals surface area (Å²) in [5.74, 6) is 0.909. The smallest absolute Gasteiger partial charge is 0.126 e. The number of anilines is 1. The van der Waals surface area contributed by atoms with Gasteiger partial charge in [0.25, 0.3) is 0 Å². The number of rotatable bonds is 3. The summed E-state index contributed by atoms with van der Waals surface area (Å²) in [7, 11) is 1.88. The van der Waals surface area contributed by atoms with Crippen molar-refractivity contribution >= 4 is 5.82 Å². The normalized spacial score (nSPS) is 20.2. The molecule has 0 radical (unpaired) electrons. The lowest BCUT2D eigenvalue weighted by molar-refractivity contribution is -0.00756. The summed E-state index contributed by atoms with van der Waals surface area (Å²) in [5.41, 5.74) is 0.606. The molecule has 0 aliphatic carbocycles. The molecule has 0 amide bonds. The second-order valence-corrected chi connectivity index (χ2v) is 5.04. The molecule has 94 valence electrons. The first-order valence-corrected chi connectivity index (χ1v) is 6.17. The highest BCUT2D eigenvalue weighted by Crippen LogP contribution is 2.22. The topological polar surface area (TPSA) is 48.4 Å². The first-order chi connectivity index (χ1) is 8.09. The fourth-order valence-electron chi connectivity index (χ4n) is 2.13. The average molecular weight is 235 g/mol. The van der Waals surface area contributed by atoms with E-state index in [1.807, 2.05) is 32.2 Å².